The van der Waals surface area contributed by atoms with E-state index in [9.17, 15) is 0 Å². The molecule has 0 unspecified atom stereocenters. The Kier molecular flexibility index (Phi) is 215. The summed E-state index contributed by atoms with van der Waals surface area (Å²) in [6, 6.07) is 0. The van der Waals surface area contributed by atoms with E-state index in [0.717, 1.165) is 0 Å². The van der Waals surface area contributed by atoms with Gasteiger partial charge < -0.3 is 5.11 Å². The summed E-state index contributed by atoms with van der Waals surface area (Å²) in [6.07, 6.45) is 0. The van der Waals surface area contributed by atoms with Gasteiger partial charge in [-0.15, -0.1) is 37.2 Å². The quantitative estimate of drug-likeness (QED) is 0.713. The SMILES string of the molecule is CCO.Cl.Cl.Cl.[Dy]. The van der Waals surface area contributed by atoms with Crippen molar-refractivity contribution in [2.75, 3.05) is 6.61 Å². The Morgan fingerprint density at radius 1 is 1.14 bits per heavy atom. The zero-order chi connectivity index (χ0) is 2.71. The Bertz CT molecular complexity index is 12.9. The van der Waals surface area contributed by atoms with Crippen LogP contribution in [0.15, 0.2) is 0 Å². The average molecular weight is 318 g/mol. The van der Waals surface area contributed by atoms with Crippen molar-refractivity contribution in [1.29, 1.82) is 0 Å². The number of aliphatic hydroxyl groups is 1. The van der Waals surface area contributed by atoms with Gasteiger partial charge in [0.1, 0.15) is 0 Å². The summed E-state index contributed by atoms with van der Waals surface area (Å²) in [5.41, 5.74) is 0. The summed E-state index contributed by atoms with van der Waals surface area (Å²) in [5, 5.41) is 7.57. The molecule has 0 rings (SSSR count). The molecule has 0 aromatic heterocycles. The summed E-state index contributed by atoms with van der Waals surface area (Å²) in [7, 11) is 0. The zero-order valence-corrected chi connectivity index (χ0v) is 8.17. The molecule has 0 radical (unpaired) electrons. The molecule has 0 atom stereocenters. The summed E-state index contributed by atoms with van der Waals surface area (Å²) < 4.78 is 0. The first-order valence-electron chi connectivity index (χ1n) is 1.02. The number of halogens is 3. The van der Waals surface area contributed by atoms with Gasteiger partial charge in [-0.05, 0) is 6.92 Å². The first kappa shape index (κ1) is 35.5. The number of aliphatic hydroxyl groups excluding tert-OH is 1. The van der Waals surface area contributed by atoms with Crippen molar-refractivity contribution in [3.8, 4) is 0 Å². The maximum Gasteiger partial charge on any atom is 0.0402 e. The van der Waals surface area contributed by atoms with Gasteiger partial charge in [-0.2, -0.15) is 0 Å². The van der Waals surface area contributed by atoms with E-state index in [1.807, 2.05) is 0 Å². The molecule has 0 saturated heterocycles. The van der Waals surface area contributed by atoms with Crippen LogP contribution in [0.25, 0.3) is 0 Å². The van der Waals surface area contributed by atoms with Crippen LogP contribution in [0.4, 0.5) is 0 Å². The van der Waals surface area contributed by atoms with Gasteiger partial charge in [0.15, 0.2) is 0 Å². The Morgan fingerprint density at radius 2 is 1.14 bits per heavy atom. The second-order valence-corrected chi connectivity index (χ2v) is 0.316. The molecule has 5 heteroatoms. The van der Waals surface area contributed by atoms with E-state index >= 15 is 0 Å². The van der Waals surface area contributed by atoms with Crippen molar-refractivity contribution < 1.29 is 43.3 Å². The molecular formula is C2H9Cl3DyO. The fraction of sp³-hybridized carbons (Fsp3) is 1.00. The van der Waals surface area contributed by atoms with Gasteiger partial charge in [0, 0.05) is 44.8 Å². The van der Waals surface area contributed by atoms with Crippen molar-refractivity contribution in [3.63, 3.8) is 0 Å². The van der Waals surface area contributed by atoms with E-state index in [2.05, 4.69) is 0 Å². The van der Waals surface area contributed by atoms with E-state index in [1.54, 1.807) is 6.92 Å². The fourth-order valence-corrected chi connectivity index (χ4v) is 0. The summed E-state index contributed by atoms with van der Waals surface area (Å²) in [5.74, 6) is 0. The van der Waals surface area contributed by atoms with E-state index in [4.69, 9.17) is 5.11 Å². The summed E-state index contributed by atoms with van der Waals surface area (Å²) in [4.78, 5) is 0. The second-order valence-electron chi connectivity index (χ2n) is 0.316. The molecule has 0 amide bonds. The Labute approximate surface area is 92.9 Å². The Morgan fingerprint density at radius 3 is 1.14 bits per heavy atom. The molecule has 7 heavy (non-hydrogen) atoms. The van der Waals surface area contributed by atoms with Gasteiger partial charge in [0.2, 0.25) is 0 Å². The number of hydrogen-bond acceptors (Lipinski definition) is 1. The van der Waals surface area contributed by atoms with Crippen LogP contribution in [0.1, 0.15) is 6.92 Å². The van der Waals surface area contributed by atoms with Gasteiger partial charge in [-0.3, -0.25) is 0 Å². The van der Waals surface area contributed by atoms with Crippen LogP contribution in [0.2, 0.25) is 0 Å². The monoisotopic (exact) mass is 318 g/mol. The van der Waals surface area contributed by atoms with E-state index < -0.39 is 0 Å². The fourth-order valence-electron chi connectivity index (χ4n) is 0. The third kappa shape index (κ3) is 68.3. The van der Waals surface area contributed by atoms with Crippen molar-refractivity contribution in [2.24, 2.45) is 0 Å². The minimum absolute atomic E-state index is 0. The summed E-state index contributed by atoms with van der Waals surface area (Å²) in [6.45, 7) is 1.93. The molecule has 0 fully saturated rings. The average Bonchev–Trinajstić information content (AvgIpc) is 0.918. The molecule has 0 heterocycles. The van der Waals surface area contributed by atoms with Crippen LogP contribution < -0.4 is 0 Å². The molecular weight excluding hydrogens is 309 g/mol. The molecule has 1 nitrogen and oxygen atoms in total. The van der Waals surface area contributed by atoms with Crippen LogP contribution >= 0.6 is 37.2 Å². The van der Waals surface area contributed by atoms with Crippen LogP contribution in [0.5, 0.6) is 0 Å². The molecule has 0 aliphatic heterocycles. The van der Waals surface area contributed by atoms with Gasteiger partial charge in [-0.25, -0.2) is 0 Å². The van der Waals surface area contributed by atoms with Crippen LogP contribution in [-0.2, 0) is 0 Å². The molecule has 0 aromatic carbocycles. The first-order valence-corrected chi connectivity index (χ1v) is 1.02. The smallest absolute Gasteiger partial charge is 0.0402 e. The predicted molar refractivity (Wildman–Crippen MR) is 34.5 cm³/mol. The Hall–Kier alpha value is 2.10. The third-order valence-electron chi connectivity index (χ3n) is 0. The zero-order valence-electron chi connectivity index (χ0n) is 3.70. The van der Waals surface area contributed by atoms with Crippen molar-refractivity contribution in [1.82, 2.24) is 0 Å². The minimum Gasteiger partial charge on any atom is -0.397 e. The largest absolute Gasteiger partial charge is 0.397 e. The number of rotatable bonds is 0. The molecule has 0 aromatic rings. The molecule has 0 spiro atoms. The summed E-state index contributed by atoms with van der Waals surface area (Å²) >= 11 is 0. The molecule has 0 saturated carbocycles. The van der Waals surface area contributed by atoms with Gasteiger partial charge in [0.05, 0.1) is 0 Å². The van der Waals surface area contributed by atoms with Gasteiger partial charge in [0.25, 0.3) is 0 Å². The van der Waals surface area contributed by atoms with Gasteiger partial charge >= 0.3 is 0 Å². The standard InChI is InChI=1S/C2H6O.3ClH.Dy/c1-2-3;;;;/h3H,2H2,1H3;3*1H;. The molecule has 0 aliphatic rings. The normalized spacial score (nSPS) is 2.57. The van der Waals surface area contributed by atoms with Crippen molar-refractivity contribution in [2.45, 2.75) is 6.92 Å². The van der Waals surface area contributed by atoms with E-state index in [1.165, 1.54) is 0 Å². The third-order valence-corrected chi connectivity index (χ3v) is 0. The molecule has 1 N–H and O–H groups in total. The molecule has 54 valence electrons. The molecule has 0 aliphatic carbocycles. The predicted octanol–water partition coefficient (Wildman–Crippen LogP) is 1.26. The van der Waals surface area contributed by atoms with Crippen molar-refractivity contribution >= 4 is 37.2 Å². The first-order chi connectivity index (χ1) is 1.41. The van der Waals surface area contributed by atoms with Crippen LogP contribution in [0, 0.1) is 38.2 Å². The number of hydrogen-bond donors (Lipinski definition) is 1. The van der Waals surface area contributed by atoms with E-state index in [0.29, 0.717) is 0 Å². The van der Waals surface area contributed by atoms with E-state index in [-0.39, 0.29) is 82.0 Å². The maximum atomic E-state index is 7.57. The topological polar surface area (TPSA) is 20.2 Å². The van der Waals surface area contributed by atoms with Crippen LogP contribution in [-0.4, -0.2) is 11.7 Å². The Balaban J connectivity index is -0.00000000333. The maximum absolute atomic E-state index is 7.57. The van der Waals surface area contributed by atoms with Gasteiger partial charge in [-0.1, -0.05) is 0 Å². The van der Waals surface area contributed by atoms with Crippen molar-refractivity contribution in [3.05, 3.63) is 0 Å². The minimum atomic E-state index is 0. The second kappa shape index (κ2) is 42.5. The molecule has 0 bridgehead atoms. The van der Waals surface area contributed by atoms with Crippen LogP contribution in [0.3, 0.4) is 0 Å².